The number of carbonyl (C=O) groups is 2. The summed E-state index contributed by atoms with van der Waals surface area (Å²) < 4.78 is 15.4. The van der Waals surface area contributed by atoms with Crippen molar-refractivity contribution < 1.29 is 23.8 Å². The van der Waals surface area contributed by atoms with E-state index >= 15 is 0 Å². The molecule has 1 amide bonds. The van der Waals surface area contributed by atoms with E-state index in [0.717, 1.165) is 17.8 Å². The Morgan fingerprint density at radius 1 is 1.00 bits per heavy atom. The van der Waals surface area contributed by atoms with Crippen molar-refractivity contribution in [1.82, 2.24) is 4.90 Å². The van der Waals surface area contributed by atoms with Crippen molar-refractivity contribution in [3.05, 3.63) is 53.6 Å². The van der Waals surface area contributed by atoms with Crippen LogP contribution >= 0.6 is 0 Å². The van der Waals surface area contributed by atoms with E-state index < -0.39 is 0 Å². The van der Waals surface area contributed by atoms with Crippen molar-refractivity contribution in [2.24, 2.45) is 0 Å². The first kappa shape index (κ1) is 20.7. The molecule has 0 aliphatic carbocycles. The van der Waals surface area contributed by atoms with E-state index in [2.05, 4.69) is 4.90 Å². The maximum atomic E-state index is 13.0. The number of hydrogen-bond donors (Lipinski definition) is 0. The molecule has 1 saturated heterocycles. The second kappa shape index (κ2) is 8.96. The standard InChI is InChI=1S/C22H26N2O5/c1-15-21(25)24(18-11-19(27-2)13-20(12-18)28-3)10-9-23(15)14-16-5-7-17(8-6-16)22(26)29-4/h5-8,11-13,15H,9-10,14H2,1-4H3. The summed E-state index contributed by atoms with van der Waals surface area (Å²) in [7, 11) is 4.54. The van der Waals surface area contributed by atoms with E-state index in [1.165, 1.54) is 7.11 Å². The van der Waals surface area contributed by atoms with Crippen LogP contribution < -0.4 is 14.4 Å². The highest BCUT2D eigenvalue weighted by Gasteiger charge is 2.32. The predicted octanol–water partition coefficient (Wildman–Crippen LogP) is 2.73. The number of hydrogen-bond acceptors (Lipinski definition) is 6. The lowest BCUT2D eigenvalue weighted by atomic mass is 10.1. The Morgan fingerprint density at radius 2 is 1.62 bits per heavy atom. The molecule has 3 rings (SSSR count). The van der Waals surface area contributed by atoms with E-state index in [0.29, 0.717) is 30.2 Å². The van der Waals surface area contributed by atoms with Gasteiger partial charge in [0, 0.05) is 37.8 Å². The topological polar surface area (TPSA) is 68.3 Å². The number of rotatable bonds is 6. The molecule has 0 aromatic heterocycles. The van der Waals surface area contributed by atoms with Gasteiger partial charge in [0.2, 0.25) is 5.91 Å². The van der Waals surface area contributed by atoms with E-state index in [1.54, 1.807) is 37.3 Å². The third-order valence-corrected chi connectivity index (χ3v) is 5.19. The zero-order valence-corrected chi connectivity index (χ0v) is 17.2. The molecule has 1 aliphatic heterocycles. The van der Waals surface area contributed by atoms with Crippen molar-refractivity contribution in [1.29, 1.82) is 0 Å². The minimum Gasteiger partial charge on any atom is -0.497 e. The maximum absolute atomic E-state index is 13.0. The summed E-state index contributed by atoms with van der Waals surface area (Å²) in [6.45, 7) is 3.84. The zero-order chi connectivity index (χ0) is 21.0. The smallest absolute Gasteiger partial charge is 0.337 e. The van der Waals surface area contributed by atoms with Crippen molar-refractivity contribution in [2.45, 2.75) is 19.5 Å². The van der Waals surface area contributed by atoms with Crippen LogP contribution in [-0.2, 0) is 16.1 Å². The molecule has 154 valence electrons. The van der Waals surface area contributed by atoms with Crippen LogP contribution in [-0.4, -0.2) is 57.2 Å². The van der Waals surface area contributed by atoms with Crippen molar-refractivity contribution in [3.8, 4) is 11.5 Å². The number of esters is 1. The van der Waals surface area contributed by atoms with Crippen LogP contribution in [0.3, 0.4) is 0 Å². The van der Waals surface area contributed by atoms with Gasteiger partial charge in [-0.3, -0.25) is 9.69 Å². The molecular formula is C22H26N2O5. The van der Waals surface area contributed by atoms with Gasteiger partial charge in [0.15, 0.2) is 0 Å². The second-order valence-electron chi connectivity index (χ2n) is 6.90. The van der Waals surface area contributed by atoms with Gasteiger partial charge in [-0.05, 0) is 24.6 Å². The predicted molar refractivity (Wildman–Crippen MR) is 110 cm³/mol. The van der Waals surface area contributed by atoms with Crippen molar-refractivity contribution in [2.75, 3.05) is 39.3 Å². The minimum absolute atomic E-state index is 0.0257. The molecule has 1 aliphatic rings. The highest BCUT2D eigenvalue weighted by atomic mass is 16.5. The molecule has 0 radical (unpaired) electrons. The summed E-state index contributed by atoms with van der Waals surface area (Å²) in [6, 6.07) is 12.5. The molecule has 1 unspecified atom stereocenters. The second-order valence-corrected chi connectivity index (χ2v) is 6.90. The Morgan fingerprint density at radius 3 is 2.17 bits per heavy atom. The molecule has 1 fully saturated rings. The Hall–Kier alpha value is -3.06. The van der Waals surface area contributed by atoms with Gasteiger partial charge in [-0.1, -0.05) is 12.1 Å². The zero-order valence-electron chi connectivity index (χ0n) is 17.2. The number of piperazine rings is 1. The highest BCUT2D eigenvalue weighted by molar-refractivity contribution is 5.98. The maximum Gasteiger partial charge on any atom is 0.337 e. The number of methoxy groups -OCH3 is 3. The number of ether oxygens (including phenoxy) is 3. The molecule has 7 nitrogen and oxygen atoms in total. The van der Waals surface area contributed by atoms with E-state index in [9.17, 15) is 9.59 Å². The third-order valence-electron chi connectivity index (χ3n) is 5.19. The number of anilines is 1. The largest absolute Gasteiger partial charge is 0.497 e. The third kappa shape index (κ3) is 4.51. The Bertz CT molecular complexity index is 859. The SMILES string of the molecule is COC(=O)c1ccc(CN2CCN(c3cc(OC)cc(OC)c3)C(=O)C2C)cc1. The molecule has 1 heterocycles. The average Bonchev–Trinajstić information content (AvgIpc) is 2.76. The summed E-state index contributed by atoms with van der Waals surface area (Å²) in [6.07, 6.45) is 0. The van der Waals surface area contributed by atoms with Crippen LogP contribution in [0.4, 0.5) is 5.69 Å². The van der Waals surface area contributed by atoms with Crippen LogP contribution in [0.15, 0.2) is 42.5 Å². The van der Waals surface area contributed by atoms with Gasteiger partial charge in [0.05, 0.1) is 38.6 Å². The summed E-state index contributed by atoms with van der Waals surface area (Å²) in [5, 5.41) is 0. The van der Waals surface area contributed by atoms with Crippen LogP contribution in [0, 0.1) is 0 Å². The minimum atomic E-state index is -0.359. The van der Waals surface area contributed by atoms with Crippen LogP contribution in [0.5, 0.6) is 11.5 Å². The molecule has 7 heteroatoms. The van der Waals surface area contributed by atoms with E-state index in [-0.39, 0.29) is 17.9 Å². The molecule has 0 saturated carbocycles. The summed E-state index contributed by atoms with van der Waals surface area (Å²) >= 11 is 0. The monoisotopic (exact) mass is 398 g/mol. The Labute approximate surface area is 170 Å². The molecule has 29 heavy (non-hydrogen) atoms. The summed E-state index contributed by atoms with van der Waals surface area (Å²) in [5.41, 5.74) is 2.31. The fourth-order valence-electron chi connectivity index (χ4n) is 3.43. The van der Waals surface area contributed by atoms with E-state index in [1.807, 2.05) is 31.2 Å². The first-order chi connectivity index (χ1) is 14.0. The molecule has 1 atom stereocenters. The molecule has 2 aromatic carbocycles. The normalized spacial score (nSPS) is 17.2. The Kier molecular flexibility index (Phi) is 6.39. The van der Waals surface area contributed by atoms with Gasteiger partial charge in [-0.2, -0.15) is 0 Å². The summed E-state index contributed by atoms with van der Waals surface area (Å²) in [4.78, 5) is 28.5. The van der Waals surface area contributed by atoms with Gasteiger partial charge < -0.3 is 19.1 Å². The quantitative estimate of drug-likeness (QED) is 0.697. The fraction of sp³-hybridized carbons (Fsp3) is 0.364. The van der Waals surface area contributed by atoms with Crippen LogP contribution in [0.1, 0.15) is 22.8 Å². The lowest BCUT2D eigenvalue weighted by molar-refractivity contribution is -0.125. The molecule has 0 spiro atoms. The average molecular weight is 398 g/mol. The van der Waals surface area contributed by atoms with Gasteiger partial charge in [0.1, 0.15) is 11.5 Å². The molecule has 0 N–H and O–H groups in total. The van der Waals surface area contributed by atoms with Crippen molar-refractivity contribution >= 4 is 17.6 Å². The van der Waals surface area contributed by atoms with Gasteiger partial charge in [0.25, 0.3) is 0 Å². The first-order valence-corrected chi connectivity index (χ1v) is 9.42. The first-order valence-electron chi connectivity index (χ1n) is 9.42. The van der Waals surface area contributed by atoms with Crippen LogP contribution in [0.25, 0.3) is 0 Å². The number of carbonyl (C=O) groups excluding carboxylic acids is 2. The molecular weight excluding hydrogens is 372 g/mol. The highest BCUT2D eigenvalue weighted by Crippen LogP contribution is 2.30. The van der Waals surface area contributed by atoms with Crippen molar-refractivity contribution in [3.63, 3.8) is 0 Å². The molecule has 0 bridgehead atoms. The van der Waals surface area contributed by atoms with Crippen LogP contribution in [0.2, 0.25) is 0 Å². The number of amides is 1. The number of benzene rings is 2. The van der Waals surface area contributed by atoms with Gasteiger partial charge in [-0.15, -0.1) is 0 Å². The lowest BCUT2D eigenvalue weighted by Crippen LogP contribution is -2.55. The summed E-state index contributed by atoms with van der Waals surface area (Å²) in [5.74, 6) is 0.959. The fourth-order valence-corrected chi connectivity index (χ4v) is 3.43. The Balaban J connectivity index is 1.72. The number of nitrogens with zero attached hydrogens (tertiary/aromatic N) is 2. The lowest BCUT2D eigenvalue weighted by Gasteiger charge is -2.39. The molecule has 2 aromatic rings. The van der Waals surface area contributed by atoms with Gasteiger partial charge in [-0.25, -0.2) is 4.79 Å². The van der Waals surface area contributed by atoms with E-state index in [4.69, 9.17) is 14.2 Å². The van der Waals surface area contributed by atoms with Gasteiger partial charge >= 0.3 is 5.97 Å².